The second kappa shape index (κ2) is 12.8. The maximum absolute atomic E-state index is 5.20. The molecule has 0 spiro atoms. The summed E-state index contributed by atoms with van der Waals surface area (Å²) < 4.78 is 2.49. The number of nitrogens with zero attached hydrogens (tertiary/aromatic N) is 3. The summed E-state index contributed by atoms with van der Waals surface area (Å²) in [6, 6.07) is 67.3. The molecule has 0 atom stereocenters. The van der Waals surface area contributed by atoms with Gasteiger partial charge in [-0.15, -0.1) is 11.3 Å². The summed E-state index contributed by atoms with van der Waals surface area (Å²) in [6.45, 7) is 0. The highest BCUT2D eigenvalue weighted by Gasteiger charge is 2.31. The molecule has 0 aliphatic heterocycles. The molecule has 0 fully saturated rings. The monoisotopic (exact) mass is 673 g/mol. The smallest absolute Gasteiger partial charge is 0.164 e. The molecule has 7 aromatic carbocycles. The van der Waals surface area contributed by atoms with Crippen LogP contribution in [0.1, 0.15) is 0 Å². The minimum absolute atomic E-state index is 0.658. The normalized spacial score (nSPS) is 11.6. The van der Waals surface area contributed by atoms with E-state index < -0.39 is 8.07 Å². The van der Waals surface area contributed by atoms with Gasteiger partial charge in [0.05, 0.1) is 0 Å². The van der Waals surface area contributed by atoms with E-state index in [1.165, 1.54) is 40.9 Å². The number of fused-ring (bicyclic) bond motifs is 3. The van der Waals surface area contributed by atoms with E-state index in [-0.39, 0.29) is 0 Å². The number of benzene rings is 7. The highest BCUT2D eigenvalue weighted by molar-refractivity contribution is 7.27. The van der Waals surface area contributed by atoms with Crippen molar-refractivity contribution in [3.05, 3.63) is 188 Å². The topological polar surface area (TPSA) is 38.7 Å². The van der Waals surface area contributed by atoms with Crippen LogP contribution in [0.15, 0.2) is 188 Å². The van der Waals surface area contributed by atoms with Gasteiger partial charge in [-0.25, -0.2) is 15.0 Å². The number of rotatable bonds is 7. The number of thiophene rings is 1. The van der Waals surface area contributed by atoms with Crippen molar-refractivity contribution in [2.45, 2.75) is 0 Å². The zero-order chi connectivity index (χ0) is 33.3. The van der Waals surface area contributed by atoms with E-state index in [1.54, 1.807) is 0 Å². The van der Waals surface area contributed by atoms with Gasteiger partial charge in [-0.2, -0.15) is 20.7 Å². The molecule has 9 aromatic rings. The summed E-state index contributed by atoms with van der Waals surface area (Å²) in [5, 5.41) is 7.90. The Morgan fingerprint density at radius 2 is 0.760 bits per heavy atom. The minimum Gasteiger partial charge on any atom is -0.208 e. The molecule has 5 heteroatoms. The van der Waals surface area contributed by atoms with E-state index in [2.05, 4.69) is 152 Å². The third kappa shape index (κ3) is 5.15. The van der Waals surface area contributed by atoms with Gasteiger partial charge in [-0.3, -0.25) is 0 Å². The molecule has 0 amide bonds. The van der Waals surface area contributed by atoms with Crippen molar-refractivity contribution >= 4 is 60.3 Å². The zero-order valence-electron chi connectivity index (χ0n) is 27.1. The lowest BCUT2D eigenvalue weighted by Crippen LogP contribution is -2.74. The fraction of sp³-hybridized carbons (Fsp3) is 0. The summed E-state index contributed by atoms with van der Waals surface area (Å²) in [5.74, 6) is 1.98. The van der Waals surface area contributed by atoms with E-state index in [0.29, 0.717) is 17.5 Å². The van der Waals surface area contributed by atoms with E-state index >= 15 is 0 Å². The standard InChI is InChI=1S/C45H31N3SSi/c1-6-18-32(19-7-1)43-46-44(33-20-8-2-9-21-33)48-45(47-43)34-30-40-42(38-28-16-17-29-39(38)49-40)41(31-34)50(35-22-10-3-11-23-35,36-24-12-4-13-25-36)37-26-14-5-15-27-37/h1-31H/q-1. The van der Waals surface area contributed by atoms with Crippen molar-refractivity contribution in [2.24, 2.45) is 0 Å². The molecular weight excluding hydrogens is 643 g/mol. The van der Waals surface area contributed by atoms with E-state index in [9.17, 15) is 0 Å². The van der Waals surface area contributed by atoms with Gasteiger partial charge in [-0.05, 0) is 31.0 Å². The Morgan fingerprint density at radius 1 is 0.360 bits per heavy atom. The predicted octanol–water partition coefficient (Wildman–Crippen LogP) is 8.62. The molecule has 3 nitrogen and oxygen atoms in total. The lowest BCUT2D eigenvalue weighted by Gasteiger charge is -2.48. The maximum Gasteiger partial charge on any atom is 0.164 e. The van der Waals surface area contributed by atoms with Gasteiger partial charge in [0, 0.05) is 26.1 Å². The van der Waals surface area contributed by atoms with Crippen molar-refractivity contribution in [3.63, 3.8) is 0 Å². The van der Waals surface area contributed by atoms with Crippen molar-refractivity contribution in [2.75, 3.05) is 0 Å². The molecule has 0 bridgehead atoms. The molecule has 9 rings (SSSR count). The Bertz CT molecular complexity index is 2420. The first kappa shape index (κ1) is 30.1. The van der Waals surface area contributed by atoms with Crippen molar-refractivity contribution < 1.29 is 0 Å². The average molecular weight is 674 g/mol. The molecule has 0 N–H and O–H groups in total. The molecule has 237 valence electrons. The lowest BCUT2D eigenvalue weighted by atomic mass is 10.1. The van der Waals surface area contributed by atoms with Crippen molar-refractivity contribution in [1.82, 2.24) is 15.0 Å². The first-order valence-electron chi connectivity index (χ1n) is 16.8. The van der Waals surface area contributed by atoms with Crippen LogP contribution in [0.5, 0.6) is 0 Å². The Labute approximate surface area is 296 Å². The maximum atomic E-state index is 5.20. The van der Waals surface area contributed by atoms with Gasteiger partial charge in [0.2, 0.25) is 0 Å². The van der Waals surface area contributed by atoms with Gasteiger partial charge < -0.3 is 0 Å². The summed E-state index contributed by atoms with van der Waals surface area (Å²) in [7, 11) is -2.93. The van der Waals surface area contributed by atoms with Crippen LogP contribution in [-0.2, 0) is 0 Å². The fourth-order valence-electron chi connectivity index (χ4n) is 7.25. The lowest BCUT2D eigenvalue weighted by molar-refractivity contribution is 1.07. The fourth-order valence-corrected chi connectivity index (χ4v) is 13.5. The van der Waals surface area contributed by atoms with Crippen LogP contribution in [-0.4, -0.2) is 23.0 Å². The van der Waals surface area contributed by atoms with Crippen LogP contribution in [0.3, 0.4) is 0 Å². The summed E-state index contributed by atoms with van der Waals surface area (Å²) >= 11 is 1.84. The third-order valence-corrected chi connectivity index (χ3v) is 15.4. The second-order valence-electron chi connectivity index (χ2n) is 12.4. The molecule has 2 aromatic heterocycles. The Kier molecular flexibility index (Phi) is 7.69. The van der Waals surface area contributed by atoms with Gasteiger partial charge in [0.15, 0.2) is 17.5 Å². The van der Waals surface area contributed by atoms with Crippen molar-refractivity contribution in [3.8, 4) is 34.2 Å². The molecule has 0 unspecified atom stereocenters. The molecular formula is C45H31N3SSi-. The molecule has 2 heterocycles. The van der Waals surface area contributed by atoms with Gasteiger partial charge >= 0.3 is 0 Å². The molecule has 0 aliphatic carbocycles. The number of hydrogen-bond donors (Lipinski definition) is 0. The Balaban J connectivity index is 1.43. The quantitative estimate of drug-likeness (QED) is 0.126. The summed E-state index contributed by atoms with van der Waals surface area (Å²) in [4.78, 5) is 15.4. The van der Waals surface area contributed by atoms with Crippen LogP contribution in [0.2, 0.25) is 0 Å². The van der Waals surface area contributed by atoms with Gasteiger partial charge in [0.25, 0.3) is 0 Å². The number of hydrogen-bond acceptors (Lipinski definition) is 4. The number of aromatic nitrogens is 3. The van der Waals surface area contributed by atoms with E-state index in [0.717, 1.165) is 16.7 Å². The SMILES string of the molecule is c1ccc(-c2nc(-c3ccccc3)nc(-c3cc([Si-](c4ccccc4)(c4ccccc4)c4ccccc4)c4c(c3)sc3ccccc34)n2)cc1. The minimum atomic E-state index is -2.93. The second-order valence-corrected chi connectivity index (χ2v) is 17.2. The van der Waals surface area contributed by atoms with E-state index in [4.69, 9.17) is 15.0 Å². The van der Waals surface area contributed by atoms with Crippen LogP contribution >= 0.6 is 11.3 Å². The zero-order valence-corrected chi connectivity index (χ0v) is 29.0. The van der Waals surface area contributed by atoms with Crippen LogP contribution in [0.4, 0.5) is 0 Å². The Morgan fingerprint density at radius 3 is 1.24 bits per heavy atom. The van der Waals surface area contributed by atoms with Crippen molar-refractivity contribution in [1.29, 1.82) is 0 Å². The molecule has 0 radical (unpaired) electrons. The summed E-state index contributed by atoms with van der Waals surface area (Å²) in [6.07, 6.45) is 0. The van der Waals surface area contributed by atoms with Gasteiger partial charge in [-0.1, -0.05) is 176 Å². The summed E-state index contributed by atoms with van der Waals surface area (Å²) in [5.41, 5.74) is 2.90. The first-order valence-corrected chi connectivity index (χ1v) is 19.6. The highest BCUT2D eigenvalue weighted by atomic mass is 32.1. The molecule has 0 saturated carbocycles. The third-order valence-electron chi connectivity index (χ3n) is 9.46. The molecule has 50 heavy (non-hydrogen) atoms. The van der Waals surface area contributed by atoms with Gasteiger partial charge in [0.1, 0.15) is 0 Å². The van der Waals surface area contributed by atoms with Crippen LogP contribution in [0, 0.1) is 0 Å². The van der Waals surface area contributed by atoms with Crippen LogP contribution in [0.25, 0.3) is 54.3 Å². The first-order chi connectivity index (χ1) is 24.8. The average Bonchev–Trinajstić information content (AvgIpc) is 3.59. The van der Waals surface area contributed by atoms with E-state index in [1.807, 2.05) is 47.7 Å². The Hall–Kier alpha value is -6.01. The highest BCUT2D eigenvalue weighted by Crippen LogP contribution is 2.37. The van der Waals surface area contributed by atoms with Crippen LogP contribution < -0.4 is 20.7 Å². The molecule has 0 saturated heterocycles. The molecule has 0 aliphatic rings. The largest absolute Gasteiger partial charge is 0.208 e. The predicted molar refractivity (Wildman–Crippen MR) is 213 cm³/mol.